The minimum Gasteiger partial charge on any atom is -0.384 e. The quantitative estimate of drug-likeness (QED) is 0.723. The van der Waals surface area contributed by atoms with Crippen molar-refractivity contribution in [1.29, 1.82) is 0 Å². The van der Waals surface area contributed by atoms with Gasteiger partial charge in [-0.25, -0.2) is 14.4 Å². The van der Waals surface area contributed by atoms with Gasteiger partial charge in [0.1, 0.15) is 11.6 Å². The third-order valence-corrected chi connectivity index (χ3v) is 2.99. The molecule has 0 saturated carbocycles. The lowest BCUT2D eigenvalue weighted by Crippen LogP contribution is -1.98. The van der Waals surface area contributed by atoms with Gasteiger partial charge in [-0.1, -0.05) is 24.3 Å². The average Bonchev–Trinajstić information content (AvgIpc) is 2.38. The van der Waals surface area contributed by atoms with E-state index < -0.39 is 0 Å². The molecule has 0 aliphatic rings. The summed E-state index contributed by atoms with van der Waals surface area (Å²) in [7, 11) is 0. The molecule has 2 aromatic carbocycles. The van der Waals surface area contributed by atoms with Gasteiger partial charge in [0, 0.05) is 22.7 Å². The molecule has 2 N–H and O–H groups in total. The van der Waals surface area contributed by atoms with E-state index in [1.54, 1.807) is 24.3 Å². The Hall–Kier alpha value is -2.49. The van der Waals surface area contributed by atoms with Crippen molar-refractivity contribution in [1.82, 2.24) is 9.97 Å². The number of aryl methyl sites for hydroxylation is 1. The number of hydrogen-bond donors (Lipinski definition) is 1. The van der Waals surface area contributed by atoms with E-state index in [2.05, 4.69) is 9.97 Å². The lowest BCUT2D eigenvalue weighted by Gasteiger charge is -2.07. The van der Waals surface area contributed by atoms with E-state index >= 15 is 0 Å². The minimum absolute atomic E-state index is 0.250. The predicted octanol–water partition coefficient (Wildman–Crippen LogP) is 3.33. The number of halogens is 1. The summed E-state index contributed by atoms with van der Waals surface area (Å²) in [5, 5.41) is 1.34. The molecule has 0 amide bonds. The molecule has 0 radical (unpaired) electrons. The van der Waals surface area contributed by atoms with E-state index in [1.165, 1.54) is 6.07 Å². The molecule has 0 atom stereocenters. The molecule has 4 heteroatoms. The van der Waals surface area contributed by atoms with Crippen molar-refractivity contribution in [2.45, 2.75) is 6.92 Å². The summed E-state index contributed by atoms with van der Waals surface area (Å²) in [6.45, 7) is 1.85. The fourth-order valence-electron chi connectivity index (χ4n) is 2.17. The first-order valence-electron chi connectivity index (χ1n) is 5.94. The topological polar surface area (TPSA) is 51.8 Å². The highest BCUT2D eigenvalue weighted by Gasteiger charge is 2.10. The van der Waals surface area contributed by atoms with Crippen LogP contribution in [-0.2, 0) is 0 Å². The van der Waals surface area contributed by atoms with Crippen molar-refractivity contribution in [3.8, 4) is 11.4 Å². The number of anilines is 1. The second kappa shape index (κ2) is 4.31. The molecule has 0 aliphatic heterocycles. The van der Waals surface area contributed by atoms with Gasteiger partial charge < -0.3 is 5.73 Å². The summed E-state index contributed by atoms with van der Waals surface area (Å²) >= 11 is 0. The maximum Gasteiger partial charge on any atom is 0.162 e. The molecule has 3 rings (SSSR count). The number of nitrogens with zero attached hydrogens (tertiary/aromatic N) is 2. The molecule has 1 aromatic heterocycles. The third kappa shape index (κ3) is 2.01. The lowest BCUT2D eigenvalue weighted by atomic mass is 10.0. The first-order valence-corrected chi connectivity index (χ1v) is 5.94. The van der Waals surface area contributed by atoms with Gasteiger partial charge in [-0.15, -0.1) is 0 Å². The average molecular weight is 253 g/mol. The minimum atomic E-state index is -0.250. The molecule has 94 valence electrons. The Morgan fingerprint density at radius 2 is 1.74 bits per heavy atom. The van der Waals surface area contributed by atoms with Gasteiger partial charge in [-0.05, 0) is 24.4 Å². The molecule has 19 heavy (non-hydrogen) atoms. The summed E-state index contributed by atoms with van der Waals surface area (Å²) in [6.07, 6.45) is 0. The number of hydrogen-bond acceptors (Lipinski definition) is 3. The largest absolute Gasteiger partial charge is 0.384 e. The van der Waals surface area contributed by atoms with Crippen molar-refractivity contribution in [3.05, 3.63) is 54.0 Å². The summed E-state index contributed by atoms with van der Waals surface area (Å²) < 4.78 is 13.8. The van der Waals surface area contributed by atoms with E-state index in [-0.39, 0.29) is 5.82 Å². The molecule has 0 saturated heterocycles. The Kier molecular flexibility index (Phi) is 2.63. The van der Waals surface area contributed by atoms with Crippen LogP contribution in [0.2, 0.25) is 0 Å². The molecule has 3 nitrogen and oxygen atoms in total. The summed E-state index contributed by atoms with van der Waals surface area (Å²) in [4.78, 5) is 8.60. The molecular weight excluding hydrogens is 241 g/mol. The fourth-order valence-corrected chi connectivity index (χ4v) is 2.17. The maximum atomic E-state index is 13.8. The Balaban J connectivity index is 2.34. The van der Waals surface area contributed by atoms with E-state index in [4.69, 9.17) is 5.73 Å². The maximum absolute atomic E-state index is 13.8. The van der Waals surface area contributed by atoms with Gasteiger partial charge in [-0.3, -0.25) is 0 Å². The van der Waals surface area contributed by atoms with Crippen LogP contribution in [0.5, 0.6) is 0 Å². The molecule has 3 aromatic rings. The van der Waals surface area contributed by atoms with Gasteiger partial charge in [0.2, 0.25) is 0 Å². The van der Waals surface area contributed by atoms with Gasteiger partial charge in [0.05, 0.1) is 0 Å². The highest BCUT2D eigenvalue weighted by Crippen LogP contribution is 2.28. The first-order chi connectivity index (χ1) is 9.15. The van der Waals surface area contributed by atoms with Crippen molar-refractivity contribution < 1.29 is 4.39 Å². The molecule has 0 fully saturated rings. The number of fused-ring (bicyclic) bond motifs is 1. The second-order valence-electron chi connectivity index (χ2n) is 4.40. The predicted molar refractivity (Wildman–Crippen MR) is 74.1 cm³/mol. The highest BCUT2D eigenvalue weighted by molar-refractivity contribution is 5.95. The number of nitrogen functional groups attached to an aromatic ring is 1. The first kappa shape index (κ1) is 11.6. The zero-order chi connectivity index (χ0) is 13.4. The Morgan fingerprint density at radius 3 is 2.47 bits per heavy atom. The summed E-state index contributed by atoms with van der Waals surface area (Å²) in [5.41, 5.74) is 7.32. The van der Waals surface area contributed by atoms with Gasteiger partial charge >= 0.3 is 0 Å². The molecule has 1 heterocycles. The Morgan fingerprint density at radius 1 is 1.00 bits per heavy atom. The number of benzene rings is 2. The van der Waals surface area contributed by atoms with Crippen LogP contribution in [-0.4, -0.2) is 9.97 Å². The summed E-state index contributed by atoms with van der Waals surface area (Å²) in [6, 6.07) is 12.1. The number of aromatic nitrogens is 2. The van der Waals surface area contributed by atoms with E-state index in [9.17, 15) is 4.39 Å². The normalized spacial score (nSPS) is 10.8. The monoisotopic (exact) mass is 253 g/mol. The van der Waals surface area contributed by atoms with Crippen molar-refractivity contribution in [2.24, 2.45) is 0 Å². The van der Waals surface area contributed by atoms with Crippen LogP contribution < -0.4 is 5.73 Å². The van der Waals surface area contributed by atoms with E-state index in [0.717, 1.165) is 16.6 Å². The van der Waals surface area contributed by atoms with Crippen LogP contribution in [0.25, 0.3) is 22.2 Å². The van der Waals surface area contributed by atoms with Crippen LogP contribution in [0, 0.1) is 12.7 Å². The molecule has 0 unspecified atom stereocenters. The number of nitrogens with two attached hydrogens (primary N) is 1. The standard InChI is InChI=1S/C15H12FN3/c1-9-8-14(17)19-15(18-9)12-6-7-13(16)11-5-3-2-4-10(11)12/h2-8H,1H3,(H2,17,18,19). The molecular formula is C15H12FN3. The fraction of sp³-hybridized carbons (Fsp3) is 0.0667. The molecule has 0 aliphatic carbocycles. The smallest absolute Gasteiger partial charge is 0.162 e. The van der Waals surface area contributed by atoms with Crippen molar-refractivity contribution in [2.75, 3.05) is 5.73 Å². The van der Waals surface area contributed by atoms with E-state index in [1.807, 2.05) is 19.1 Å². The van der Waals surface area contributed by atoms with Gasteiger partial charge in [-0.2, -0.15) is 0 Å². The second-order valence-corrected chi connectivity index (χ2v) is 4.40. The lowest BCUT2D eigenvalue weighted by molar-refractivity contribution is 0.640. The highest BCUT2D eigenvalue weighted by atomic mass is 19.1. The summed E-state index contributed by atoms with van der Waals surface area (Å²) in [5.74, 6) is 0.685. The van der Waals surface area contributed by atoms with Gasteiger partial charge in [0.15, 0.2) is 5.82 Å². The van der Waals surface area contributed by atoms with Crippen LogP contribution in [0.1, 0.15) is 5.69 Å². The van der Waals surface area contributed by atoms with Crippen molar-refractivity contribution >= 4 is 16.6 Å². The number of rotatable bonds is 1. The zero-order valence-corrected chi connectivity index (χ0v) is 10.4. The molecule has 0 spiro atoms. The van der Waals surface area contributed by atoms with Crippen LogP contribution in [0.15, 0.2) is 42.5 Å². The van der Waals surface area contributed by atoms with Crippen molar-refractivity contribution in [3.63, 3.8) is 0 Å². The van der Waals surface area contributed by atoms with Crippen LogP contribution >= 0.6 is 0 Å². The van der Waals surface area contributed by atoms with Gasteiger partial charge in [0.25, 0.3) is 0 Å². The van der Waals surface area contributed by atoms with Crippen LogP contribution in [0.3, 0.4) is 0 Å². The zero-order valence-electron chi connectivity index (χ0n) is 10.4. The Labute approximate surface area is 109 Å². The third-order valence-electron chi connectivity index (χ3n) is 2.99. The SMILES string of the molecule is Cc1cc(N)nc(-c2ccc(F)c3ccccc23)n1. The molecule has 0 bridgehead atoms. The van der Waals surface area contributed by atoms with Crippen LogP contribution in [0.4, 0.5) is 10.2 Å². The van der Waals surface area contributed by atoms with E-state index in [0.29, 0.717) is 17.0 Å². The Bertz CT molecular complexity index is 748.